The molecule has 3 aromatic rings. The highest BCUT2D eigenvalue weighted by atomic mass is 79.9. The third kappa shape index (κ3) is 1.16. The van der Waals surface area contributed by atoms with Crippen LogP contribution in [-0.2, 0) is 0 Å². The number of fused-ring (bicyclic) bond motifs is 3. The molecule has 3 rings (SSSR count). The molecule has 2 heterocycles. The van der Waals surface area contributed by atoms with E-state index in [1.54, 1.807) is 0 Å². The van der Waals surface area contributed by atoms with Crippen molar-refractivity contribution in [2.45, 2.75) is 0 Å². The molecule has 0 radical (unpaired) electrons. The Kier molecular flexibility index (Phi) is 1.81. The highest BCUT2D eigenvalue weighted by Gasteiger charge is 2.12. The molecule has 16 heavy (non-hydrogen) atoms. The van der Waals surface area contributed by atoms with E-state index in [0.717, 1.165) is 20.8 Å². The highest BCUT2D eigenvalue weighted by molar-refractivity contribution is 9.10. The van der Waals surface area contributed by atoms with Crippen LogP contribution < -0.4 is 11.5 Å². The van der Waals surface area contributed by atoms with E-state index in [-0.39, 0.29) is 5.95 Å². The van der Waals surface area contributed by atoms with Gasteiger partial charge in [0.15, 0.2) is 0 Å². The van der Waals surface area contributed by atoms with E-state index in [2.05, 4.69) is 30.9 Å². The molecule has 0 atom stereocenters. The van der Waals surface area contributed by atoms with Crippen LogP contribution in [-0.4, -0.2) is 15.0 Å². The molecule has 5 N–H and O–H groups in total. The fourth-order valence-electron chi connectivity index (χ4n) is 1.84. The normalized spacial score (nSPS) is 11.3. The van der Waals surface area contributed by atoms with Crippen LogP contribution in [0.15, 0.2) is 22.7 Å². The van der Waals surface area contributed by atoms with Gasteiger partial charge in [0.05, 0.1) is 5.39 Å². The number of nitrogen functional groups attached to an aromatic ring is 2. The third-order valence-corrected chi connectivity index (χ3v) is 3.13. The molecule has 0 saturated carbocycles. The van der Waals surface area contributed by atoms with Crippen LogP contribution in [0.4, 0.5) is 11.8 Å². The van der Waals surface area contributed by atoms with Gasteiger partial charge in [-0.25, -0.2) is 0 Å². The predicted octanol–water partition coefficient (Wildman–Crippen LogP) is 2.04. The second-order valence-electron chi connectivity index (χ2n) is 3.48. The van der Waals surface area contributed by atoms with Crippen molar-refractivity contribution in [1.82, 2.24) is 15.0 Å². The Labute approximate surface area is 99.0 Å². The monoisotopic (exact) mass is 277 g/mol. The van der Waals surface area contributed by atoms with Gasteiger partial charge >= 0.3 is 0 Å². The lowest BCUT2D eigenvalue weighted by atomic mass is 10.2. The number of nitrogens with two attached hydrogens (primary N) is 2. The van der Waals surface area contributed by atoms with Crippen molar-refractivity contribution in [2.75, 3.05) is 11.5 Å². The standard InChI is InChI=1S/C10H8BrN5/c11-4-2-1-3-5-6(4)7-8(12)15-10(13)16-9(7)14-5/h1-3H,(H5,12,13,14,15,16). The van der Waals surface area contributed by atoms with Crippen LogP contribution in [0.5, 0.6) is 0 Å². The Morgan fingerprint density at radius 2 is 1.94 bits per heavy atom. The zero-order chi connectivity index (χ0) is 11.3. The van der Waals surface area contributed by atoms with Gasteiger partial charge in [0.25, 0.3) is 0 Å². The first-order valence-corrected chi connectivity index (χ1v) is 5.45. The summed E-state index contributed by atoms with van der Waals surface area (Å²) in [5.41, 5.74) is 13.0. The Morgan fingerprint density at radius 3 is 2.75 bits per heavy atom. The lowest BCUT2D eigenvalue weighted by molar-refractivity contribution is 1.23. The average molecular weight is 278 g/mol. The molecule has 0 unspecified atom stereocenters. The minimum atomic E-state index is 0.174. The predicted molar refractivity (Wildman–Crippen MR) is 67.9 cm³/mol. The van der Waals surface area contributed by atoms with Crippen LogP contribution in [0.1, 0.15) is 0 Å². The van der Waals surface area contributed by atoms with E-state index in [9.17, 15) is 0 Å². The summed E-state index contributed by atoms with van der Waals surface area (Å²) in [5, 5.41) is 1.78. The first kappa shape index (κ1) is 9.41. The molecule has 0 saturated heterocycles. The van der Waals surface area contributed by atoms with Gasteiger partial charge in [-0.1, -0.05) is 22.0 Å². The number of nitrogens with zero attached hydrogens (tertiary/aromatic N) is 2. The Bertz CT molecular complexity index is 703. The van der Waals surface area contributed by atoms with Crippen molar-refractivity contribution in [3.05, 3.63) is 22.7 Å². The fraction of sp³-hybridized carbons (Fsp3) is 0. The summed E-state index contributed by atoms with van der Waals surface area (Å²) in [6, 6.07) is 5.84. The maximum atomic E-state index is 5.86. The second-order valence-corrected chi connectivity index (χ2v) is 4.33. The maximum absolute atomic E-state index is 5.86. The van der Waals surface area contributed by atoms with Gasteiger partial charge in [0.1, 0.15) is 11.5 Å². The van der Waals surface area contributed by atoms with E-state index in [1.807, 2.05) is 18.2 Å². The number of hydrogen-bond acceptors (Lipinski definition) is 4. The zero-order valence-electron chi connectivity index (χ0n) is 8.16. The van der Waals surface area contributed by atoms with E-state index < -0.39 is 0 Å². The highest BCUT2D eigenvalue weighted by Crippen LogP contribution is 2.33. The molecule has 0 bridgehead atoms. The Balaban J connectivity index is 2.63. The Morgan fingerprint density at radius 1 is 1.12 bits per heavy atom. The zero-order valence-corrected chi connectivity index (χ0v) is 9.75. The molecule has 0 aliphatic carbocycles. The molecule has 2 aromatic heterocycles. The fourth-order valence-corrected chi connectivity index (χ4v) is 2.41. The summed E-state index contributed by atoms with van der Waals surface area (Å²) in [5.74, 6) is 0.563. The molecular weight excluding hydrogens is 270 g/mol. The number of aromatic nitrogens is 3. The first-order chi connectivity index (χ1) is 7.66. The summed E-state index contributed by atoms with van der Waals surface area (Å²) in [7, 11) is 0. The molecule has 80 valence electrons. The van der Waals surface area contributed by atoms with Crippen molar-refractivity contribution in [2.24, 2.45) is 0 Å². The summed E-state index contributed by atoms with van der Waals surface area (Å²) < 4.78 is 0.955. The molecular formula is C10H8BrN5. The van der Waals surface area contributed by atoms with Crippen molar-refractivity contribution >= 4 is 49.6 Å². The SMILES string of the molecule is Nc1nc(N)c2c(n1)[nH]c1cccc(Br)c12. The third-order valence-electron chi connectivity index (χ3n) is 2.47. The molecule has 0 amide bonds. The number of aromatic amines is 1. The van der Waals surface area contributed by atoms with Gasteiger partial charge < -0.3 is 16.5 Å². The number of benzene rings is 1. The number of hydrogen-bond donors (Lipinski definition) is 3. The number of rotatable bonds is 0. The van der Waals surface area contributed by atoms with Gasteiger partial charge in [0.2, 0.25) is 5.95 Å². The molecule has 1 aromatic carbocycles. The van der Waals surface area contributed by atoms with E-state index in [0.29, 0.717) is 11.5 Å². The number of halogens is 1. The lowest BCUT2D eigenvalue weighted by Gasteiger charge is -1.98. The Hall–Kier alpha value is -1.82. The molecule has 5 nitrogen and oxygen atoms in total. The average Bonchev–Trinajstić information content (AvgIpc) is 2.56. The van der Waals surface area contributed by atoms with Crippen LogP contribution in [0.25, 0.3) is 21.9 Å². The largest absolute Gasteiger partial charge is 0.383 e. The molecule has 0 fully saturated rings. The number of anilines is 2. The van der Waals surface area contributed by atoms with Crippen LogP contribution in [0, 0.1) is 0 Å². The van der Waals surface area contributed by atoms with Gasteiger partial charge in [-0.2, -0.15) is 9.97 Å². The number of nitrogens with one attached hydrogen (secondary N) is 1. The van der Waals surface area contributed by atoms with Gasteiger partial charge in [-0.05, 0) is 12.1 Å². The minimum absolute atomic E-state index is 0.174. The second kappa shape index (κ2) is 3.08. The van der Waals surface area contributed by atoms with E-state index in [1.165, 1.54) is 0 Å². The van der Waals surface area contributed by atoms with Crippen LogP contribution in [0.3, 0.4) is 0 Å². The van der Waals surface area contributed by atoms with Gasteiger partial charge in [-0.15, -0.1) is 0 Å². The van der Waals surface area contributed by atoms with Crippen LogP contribution >= 0.6 is 15.9 Å². The maximum Gasteiger partial charge on any atom is 0.223 e. The summed E-state index contributed by atoms with van der Waals surface area (Å²) in [6.07, 6.45) is 0. The molecule has 6 heteroatoms. The quantitative estimate of drug-likeness (QED) is 0.586. The minimum Gasteiger partial charge on any atom is -0.383 e. The van der Waals surface area contributed by atoms with Crippen molar-refractivity contribution < 1.29 is 0 Å². The van der Waals surface area contributed by atoms with Crippen molar-refractivity contribution in [1.29, 1.82) is 0 Å². The van der Waals surface area contributed by atoms with E-state index >= 15 is 0 Å². The number of H-pyrrole nitrogens is 1. The van der Waals surface area contributed by atoms with E-state index in [4.69, 9.17) is 11.5 Å². The smallest absolute Gasteiger partial charge is 0.223 e. The van der Waals surface area contributed by atoms with Gasteiger partial charge in [-0.3, -0.25) is 0 Å². The first-order valence-electron chi connectivity index (χ1n) is 4.65. The van der Waals surface area contributed by atoms with Crippen molar-refractivity contribution in [3.8, 4) is 0 Å². The summed E-state index contributed by atoms with van der Waals surface area (Å²) >= 11 is 3.49. The molecule has 0 aliphatic heterocycles. The summed E-state index contributed by atoms with van der Waals surface area (Å²) in [4.78, 5) is 11.3. The topological polar surface area (TPSA) is 93.6 Å². The molecule has 0 aliphatic rings. The van der Waals surface area contributed by atoms with Crippen molar-refractivity contribution in [3.63, 3.8) is 0 Å². The molecule has 0 spiro atoms. The van der Waals surface area contributed by atoms with Crippen LogP contribution in [0.2, 0.25) is 0 Å². The lowest BCUT2D eigenvalue weighted by Crippen LogP contribution is -1.99. The summed E-state index contributed by atoms with van der Waals surface area (Å²) in [6.45, 7) is 0. The van der Waals surface area contributed by atoms with Gasteiger partial charge in [0, 0.05) is 15.4 Å².